The van der Waals surface area contributed by atoms with E-state index in [2.05, 4.69) is 0 Å². The summed E-state index contributed by atoms with van der Waals surface area (Å²) in [5.74, 6) is -7.12. The van der Waals surface area contributed by atoms with Crippen LogP contribution in [0, 0.1) is 23.3 Å². The average Bonchev–Trinajstić information content (AvgIpc) is 2.80. The molecule has 0 atom stereocenters. The quantitative estimate of drug-likeness (QED) is 0.229. The molecule has 0 radical (unpaired) electrons. The number of carbonyl (C=O) groups excluding carboxylic acids is 2. The summed E-state index contributed by atoms with van der Waals surface area (Å²) in [5.41, 5.74) is 0.602. The van der Waals surface area contributed by atoms with Crippen molar-refractivity contribution in [1.29, 1.82) is 0 Å². The van der Waals surface area contributed by atoms with Crippen molar-refractivity contribution in [2.75, 3.05) is 6.61 Å². The summed E-state index contributed by atoms with van der Waals surface area (Å²) in [7, 11) is -4.49. The van der Waals surface area contributed by atoms with Gasteiger partial charge in [-0.1, -0.05) is 12.1 Å². The molecule has 0 aliphatic rings. The Morgan fingerprint density at radius 1 is 0.788 bits per heavy atom. The molecule has 0 aromatic heterocycles. The highest BCUT2D eigenvalue weighted by Crippen LogP contribution is 2.20. The monoisotopic (exact) mass is 481 g/mol. The Morgan fingerprint density at radius 2 is 1.39 bits per heavy atom. The van der Waals surface area contributed by atoms with E-state index in [1.807, 2.05) is 4.72 Å². The van der Waals surface area contributed by atoms with Gasteiger partial charge in [0.05, 0.1) is 5.56 Å². The third-order valence-corrected chi connectivity index (χ3v) is 5.86. The number of hydrogen-bond acceptors (Lipinski definition) is 5. The molecule has 3 rings (SSSR count). The summed E-state index contributed by atoms with van der Waals surface area (Å²) in [6.07, 6.45) is 0. The van der Waals surface area contributed by atoms with E-state index in [0.29, 0.717) is 17.7 Å². The highest BCUT2D eigenvalue weighted by Gasteiger charge is 2.23. The van der Waals surface area contributed by atoms with Crippen LogP contribution in [0.3, 0.4) is 0 Å². The Morgan fingerprint density at radius 3 is 2.03 bits per heavy atom. The first-order valence-corrected chi connectivity index (χ1v) is 10.7. The second-order valence-electron chi connectivity index (χ2n) is 6.70. The average molecular weight is 481 g/mol. The van der Waals surface area contributed by atoms with Crippen molar-refractivity contribution in [2.45, 2.75) is 11.4 Å². The lowest BCUT2D eigenvalue weighted by molar-refractivity contribution is 0.0474. The molecule has 1 N–H and O–H groups in total. The number of nitrogens with one attached hydrogen (secondary N) is 1. The summed E-state index contributed by atoms with van der Waals surface area (Å²) in [6, 6.07) is 11.2. The van der Waals surface area contributed by atoms with Crippen LogP contribution < -0.4 is 4.72 Å². The topological polar surface area (TPSA) is 89.5 Å². The number of ketones is 1. The second-order valence-corrected chi connectivity index (χ2v) is 8.44. The number of hydrogen-bond donors (Lipinski definition) is 1. The van der Waals surface area contributed by atoms with E-state index in [0.717, 1.165) is 12.1 Å². The zero-order valence-electron chi connectivity index (χ0n) is 16.6. The number of rotatable bonds is 8. The molecular weight excluding hydrogens is 466 g/mol. The van der Waals surface area contributed by atoms with E-state index in [-0.39, 0.29) is 17.7 Å². The van der Waals surface area contributed by atoms with E-state index in [4.69, 9.17) is 4.74 Å². The van der Waals surface area contributed by atoms with Gasteiger partial charge in [0.2, 0.25) is 10.0 Å². The summed E-state index contributed by atoms with van der Waals surface area (Å²) in [5, 5.41) is 0. The van der Waals surface area contributed by atoms with Gasteiger partial charge in [0.15, 0.2) is 29.8 Å². The van der Waals surface area contributed by atoms with Crippen molar-refractivity contribution in [3.05, 3.63) is 101 Å². The number of benzene rings is 3. The zero-order chi connectivity index (χ0) is 24.2. The molecule has 0 fully saturated rings. The molecule has 0 amide bonds. The SMILES string of the molecule is O=C(COC(=O)c1ccc(CNS(=O)(=O)c2ccc(F)c(F)c2F)cc1)c1ccc(F)cc1. The summed E-state index contributed by atoms with van der Waals surface area (Å²) in [6.45, 7) is -0.898. The van der Waals surface area contributed by atoms with Crippen LogP contribution in [0.4, 0.5) is 17.6 Å². The lowest BCUT2D eigenvalue weighted by Gasteiger charge is -2.09. The van der Waals surface area contributed by atoms with Crippen LogP contribution in [0.15, 0.2) is 65.6 Å². The van der Waals surface area contributed by atoms with Crippen LogP contribution in [0.25, 0.3) is 0 Å². The first-order chi connectivity index (χ1) is 15.6. The lowest BCUT2D eigenvalue weighted by Crippen LogP contribution is -2.24. The van der Waals surface area contributed by atoms with Crippen molar-refractivity contribution in [3.8, 4) is 0 Å². The largest absolute Gasteiger partial charge is 0.454 e. The molecule has 172 valence electrons. The molecule has 0 bridgehead atoms. The normalized spacial score (nSPS) is 11.3. The molecule has 0 spiro atoms. The van der Waals surface area contributed by atoms with E-state index in [1.165, 1.54) is 36.4 Å². The predicted octanol–water partition coefficient (Wildman–Crippen LogP) is 3.76. The number of ether oxygens (including phenoxy) is 1. The van der Waals surface area contributed by atoms with Crippen molar-refractivity contribution in [3.63, 3.8) is 0 Å². The number of esters is 1. The second kappa shape index (κ2) is 9.92. The van der Waals surface area contributed by atoms with E-state index in [1.54, 1.807) is 0 Å². The van der Waals surface area contributed by atoms with E-state index in [9.17, 15) is 35.6 Å². The van der Waals surface area contributed by atoms with Crippen LogP contribution in [-0.2, 0) is 21.3 Å². The maximum absolute atomic E-state index is 13.8. The van der Waals surface area contributed by atoms with Crippen molar-refractivity contribution < 1.29 is 40.3 Å². The molecule has 3 aromatic carbocycles. The van der Waals surface area contributed by atoms with Gasteiger partial charge in [-0.2, -0.15) is 0 Å². The maximum Gasteiger partial charge on any atom is 0.338 e. The number of carbonyl (C=O) groups is 2. The molecule has 0 aliphatic carbocycles. The van der Waals surface area contributed by atoms with Gasteiger partial charge in [-0.3, -0.25) is 4.79 Å². The molecule has 3 aromatic rings. The summed E-state index contributed by atoms with van der Waals surface area (Å²) < 4.78 is 84.3. The lowest BCUT2D eigenvalue weighted by atomic mass is 10.1. The van der Waals surface area contributed by atoms with Crippen LogP contribution in [0.2, 0.25) is 0 Å². The Hall–Kier alpha value is -3.57. The van der Waals surface area contributed by atoms with E-state index >= 15 is 0 Å². The Kier molecular flexibility index (Phi) is 7.24. The molecule has 0 saturated carbocycles. The Labute approximate surface area is 185 Å². The Balaban J connectivity index is 1.58. The number of Topliss-reactive ketones (excluding diaryl/α,β-unsaturated/α-hetero) is 1. The standard InChI is InChI=1S/C22H15F4NO5S/c23-16-7-5-14(6-8-16)18(28)12-32-22(29)15-3-1-13(2-4-15)11-27-33(30,31)19-10-9-17(24)20(25)21(19)26/h1-10,27H,11-12H2. The van der Waals surface area contributed by atoms with Gasteiger partial charge in [-0.15, -0.1) is 0 Å². The number of halogens is 4. The smallest absolute Gasteiger partial charge is 0.338 e. The van der Waals surface area contributed by atoms with Gasteiger partial charge in [0.1, 0.15) is 10.7 Å². The summed E-state index contributed by atoms with van der Waals surface area (Å²) >= 11 is 0. The highest BCUT2D eigenvalue weighted by atomic mass is 32.2. The fourth-order valence-corrected chi connectivity index (χ4v) is 3.75. The highest BCUT2D eigenvalue weighted by molar-refractivity contribution is 7.89. The fourth-order valence-electron chi connectivity index (χ4n) is 2.66. The van der Waals surface area contributed by atoms with Crippen LogP contribution in [0.1, 0.15) is 26.3 Å². The third kappa shape index (κ3) is 5.82. The zero-order valence-corrected chi connectivity index (χ0v) is 17.5. The first-order valence-electron chi connectivity index (χ1n) is 9.26. The number of sulfonamides is 1. The molecule has 0 heterocycles. The van der Waals surface area contributed by atoms with E-state index < -0.39 is 56.5 Å². The summed E-state index contributed by atoms with van der Waals surface area (Å²) in [4.78, 5) is 23.0. The minimum absolute atomic E-state index is 0.0696. The Bertz CT molecular complexity index is 1290. The molecule has 6 nitrogen and oxygen atoms in total. The fraction of sp³-hybridized carbons (Fsp3) is 0.0909. The molecule has 33 heavy (non-hydrogen) atoms. The van der Waals surface area contributed by atoms with Gasteiger partial charge >= 0.3 is 5.97 Å². The molecule has 0 saturated heterocycles. The maximum atomic E-state index is 13.8. The molecule has 0 unspecified atom stereocenters. The predicted molar refractivity (Wildman–Crippen MR) is 108 cm³/mol. The van der Waals surface area contributed by atoms with Gasteiger partial charge in [-0.25, -0.2) is 35.5 Å². The van der Waals surface area contributed by atoms with Gasteiger partial charge in [0.25, 0.3) is 0 Å². The van der Waals surface area contributed by atoms with Crippen LogP contribution >= 0.6 is 0 Å². The van der Waals surface area contributed by atoms with Gasteiger partial charge < -0.3 is 4.74 Å². The minimum atomic E-state index is -4.49. The molecular formula is C22H15F4NO5S. The minimum Gasteiger partial charge on any atom is -0.454 e. The van der Waals surface area contributed by atoms with Crippen molar-refractivity contribution in [1.82, 2.24) is 4.72 Å². The van der Waals surface area contributed by atoms with Gasteiger partial charge in [0, 0.05) is 12.1 Å². The molecule has 11 heteroatoms. The third-order valence-electron chi connectivity index (χ3n) is 4.45. The van der Waals surface area contributed by atoms with Crippen molar-refractivity contribution in [2.24, 2.45) is 0 Å². The van der Waals surface area contributed by atoms with Crippen LogP contribution in [-0.4, -0.2) is 26.8 Å². The van der Waals surface area contributed by atoms with Crippen LogP contribution in [0.5, 0.6) is 0 Å². The first kappa shape index (κ1) is 24.1. The van der Waals surface area contributed by atoms with Crippen molar-refractivity contribution >= 4 is 21.8 Å². The van der Waals surface area contributed by atoms with Gasteiger partial charge in [-0.05, 0) is 54.1 Å². The molecule has 0 aliphatic heterocycles.